The second-order valence-electron chi connectivity index (χ2n) is 7.87. The predicted octanol–water partition coefficient (Wildman–Crippen LogP) is 4.77. The highest BCUT2D eigenvalue weighted by Crippen LogP contribution is 2.39. The van der Waals surface area contributed by atoms with Crippen molar-refractivity contribution in [2.45, 2.75) is 25.7 Å². The molecular formula is C24H21N7. The lowest BCUT2D eigenvalue weighted by Gasteiger charge is -2.24. The van der Waals surface area contributed by atoms with E-state index in [4.69, 9.17) is 4.98 Å². The topological polar surface area (TPSA) is 72.1 Å². The lowest BCUT2D eigenvalue weighted by atomic mass is 10.1. The van der Waals surface area contributed by atoms with Gasteiger partial charge in [0.2, 0.25) is 0 Å². The van der Waals surface area contributed by atoms with Crippen molar-refractivity contribution in [2.24, 2.45) is 0 Å². The van der Waals surface area contributed by atoms with Gasteiger partial charge in [0.1, 0.15) is 12.1 Å². The zero-order valence-electron chi connectivity index (χ0n) is 17.2. The van der Waals surface area contributed by atoms with E-state index in [-0.39, 0.29) is 0 Å². The van der Waals surface area contributed by atoms with Crippen molar-refractivity contribution in [3.63, 3.8) is 0 Å². The molecule has 1 fully saturated rings. The first-order valence-electron chi connectivity index (χ1n) is 10.6. The van der Waals surface area contributed by atoms with Gasteiger partial charge in [0, 0.05) is 47.2 Å². The zero-order valence-corrected chi connectivity index (χ0v) is 17.2. The molecule has 0 saturated heterocycles. The van der Waals surface area contributed by atoms with Crippen LogP contribution in [0.1, 0.15) is 31.4 Å². The second-order valence-corrected chi connectivity index (χ2v) is 7.87. The van der Waals surface area contributed by atoms with Gasteiger partial charge >= 0.3 is 0 Å². The van der Waals surface area contributed by atoms with Gasteiger partial charge < -0.3 is 4.90 Å². The zero-order chi connectivity index (χ0) is 20.8. The summed E-state index contributed by atoms with van der Waals surface area (Å²) >= 11 is 0. The van der Waals surface area contributed by atoms with E-state index in [0.29, 0.717) is 11.7 Å². The Morgan fingerprint density at radius 3 is 2.81 bits per heavy atom. The average molecular weight is 407 g/mol. The fourth-order valence-corrected chi connectivity index (χ4v) is 4.11. The van der Waals surface area contributed by atoms with E-state index in [1.165, 1.54) is 18.5 Å². The SMILES string of the molecule is CCN(c1cccc(-c2ccc(C3CC3)nc2)c1)c1nc2nncn2c2cnccc12. The Balaban J connectivity index is 1.45. The van der Waals surface area contributed by atoms with E-state index in [0.717, 1.165) is 40.1 Å². The number of aromatic nitrogens is 6. The minimum atomic E-state index is 0.560. The van der Waals surface area contributed by atoms with Crippen LogP contribution >= 0.6 is 0 Å². The van der Waals surface area contributed by atoms with Crippen molar-refractivity contribution >= 4 is 28.2 Å². The molecule has 1 aliphatic carbocycles. The highest BCUT2D eigenvalue weighted by atomic mass is 15.3. The fourth-order valence-electron chi connectivity index (χ4n) is 4.11. The fraction of sp³-hybridized carbons (Fsp3) is 0.208. The Morgan fingerprint density at radius 1 is 1.06 bits per heavy atom. The summed E-state index contributed by atoms with van der Waals surface area (Å²) in [6, 6.07) is 14.9. The van der Waals surface area contributed by atoms with Gasteiger partial charge in [0.05, 0.1) is 11.7 Å². The predicted molar refractivity (Wildman–Crippen MR) is 120 cm³/mol. The van der Waals surface area contributed by atoms with Gasteiger partial charge in [-0.1, -0.05) is 18.2 Å². The molecule has 0 amide bonds. The van der Waals surface area contributed by atoms with Crippen LogP contribution in [-0.4, -0.2) is 36.1 Å². The van der Waals surface area contributed by atoms with Crippen molar-refractivity contribution in [1.29, 1.82) is 0 Å². The summed E-state index contributed by atoms with van der Waals surface area (Å²) in [4.78, 5) is 16.0. The normalized spacial score (nSPS) is 13.7. The molecule has 0 spiro atoms. The third kappa shape index (κ3) is 3.09. The minimum Gasteiger partial charge on any atom is -0.326 e. The van der Waals surface area contributed by atoms with Gasteiger partial charge in [-0.25, -0.2) is 0 Å². The number of hydrogen-bond acceptors (Lipinski definition) is 6. The number of benzene rings is 1. The Morgan fingerprint density at radius 2 is 2.00 bits per heavy atom. The van der Waals surface area contributed by atoms with Gasteiger partial charge in [-0.15, -0.1) is 10.2 Å². The summed E-state index contributed by atoms with van der Waals surface area (Å²) in [6.07, 6.45) is 9.81. The summed E-state index contributed by atoms with van der Waals surface area (Å²) in [5, 5.41) is 9.20. The van der Waals surface area contributed by atoms with E-state index < -0.39 is 0 Å². The first kappa shape index (κ1) is 17.9. The molecule has 5 aromatic rings. The molecule has 0 radical (unpaired) electrons. The van der Waals surface area contributed by atoms with Crippen LogP contribution in [0, 0.1) is 0 Å². The highest BCUT2D eigenvalue weighted by molar-refractivity contribution is 5.93. The molecular weight excluding hydrogens is 386 g/mol. The Labute approximate surface area is 179 Å². The molecule has 0 unspecified atom stereocenters. The maximum atomic E-state index is 4.83. The summed E-state index contributed by atoms with van der Waals surface area (Å²) in [5.74, 6) is 2.07. The molecule has 0 atom stereocenters. The van der Waals surface area contributed by atoms with Crippen LogP contribution in [0.5, 0.6) is 0 Å². The Hall–Kier alpha value is -3.87. The van der Waals surface area contributed by atoms with Crippen molar-refractivity contribution in [3.05, 3.63) is 73.1 Å². The quantitative estimate of drug-likeness (QED) is 0.418. The maximum Gasteiger partial charge on any atom is 0.257 e. The molecule has 4 aromatic heterocycles. The standard InChI is InChI=1S/C24H21N7/c1-2-30(23-20-10-11-25-14-22(20)31-15-27-29-24(31)28-23)19-5-3-4-17(12-19)18-8-9-21(26-13-18)16-6-7-16/h3-5,8-16H,2,6-7H2,1H3. The van der Waals surface area contributed by atoms with Gasteiger partial charge in [-0.3, -0.25) is 14.4 Å². The number of nitrogens with zero attached hydrogens (tertiary/aromatic N) is 7. The summed E-state index contributed by atoms with van der Waals surface area (Å²) in [5.41, 5.74) is 5.47. The van der Waals surface area contributed by atoms with Crippen LogP contribution in [0.3, 0.4) is 0 Å². The smallest absolute Gasteiger partial charge is 0.257 e. The summed E-state index contributed by atoms with van der Waals surface area (Å²) in [7, 11) is 0. The van der Waals surface area contributed by atoms with Crippen LogP contribution in [0.4, 0.5) is 11.5 Å². The van der Waals surface area contributed by atoms with Crippen molar-refractivity contribution < 1.29 is 0 Å². The van der Waals surface area contributed by atoms with Crippen molar-refractivity contribution in [2.75, 3.05) is 11.4 Å². The molecule has 7 nitrogen and oxygen atoms in total. The van der Waals surface area contributed by atoms with Crippen LogP contribution in [0.25, 0.3) is 27.8 Å². The summed E-state index contributed by atoms with van der Waals surface area (Å²) in [6.45, 7) is 2.89. The molecule has 7 heteroatoms. The number of anilines is 2. The molecule has 152 valence electrons. The van der Waals surface area contributed by atoms with Crippen LogP contribution in [-0.2, 0) is 0 Å². The van der Waals surface area contributed by atoms with Crippen molar-refractivity contribution in [3.8, 4) is 11.1 Å². The highest BCUT2D eigenvalue weighted by Gasteiger charge is 2.24. The van der Waals surface area contributed by atoms with E-state index >= 15 is 0 Å². The molecule has 0 bridgehead atoms. The van der Waals surface area contributed by atoms with Gasteiger partial charge in [-0.05, 0) is 49.6 Å². The number of fused-ring (bicyclic) bond motifs is 3. The first-order chi connectivity index (χ1) is 15.3. The molecule has 0 aliphatic heterocycles. The number of pyridine rings is 2. The lowest BCUT2D eigenvalue weighted by Crippen LogP contribution is -2.18. The maximum absolute atomic E-state index is 4.83. The Kier molecular flexibility index (Phi) is 4.12. The minimum absolute atomic E-state index is 0.560. The summed E-state index contributed by atoms with van der Waals surface area (Å²) < 4.78 is 1.86. The largest absolute Gasteiger partial charge is 0.326 e. The molecule has 0 N–H and O–H groups in total. The van der Waals surface area contributed by atoms with Crippen LogP contribution < -0.4 is 4.90 Å². The molecule has 4 heterocycles. The van der Waals surface area contributed by atoms with E-state index in [2.05, 4.69) is 68.4 Å². The first-order valence-corrected chi connectivity index (χ1v) is 10.6. The monoisotopic (exact) mass is 407 g/mol. The Bertz CT molecular complexity index is 1390. The molecule has 1 aliphatic rings. The van der Waals surface area contributed by atoms with Gasteiger partial charge in [0.25, 0.3) is 5.78 Å². The van der Waals surface area contributed by atoms with E-state index in [1.54, 1.807) is 12.5 Å². The third-order valence-corrected chi connectivity index (χ3v) is 5.88. The van der Waals surface area contributed by atoms with Crippen LogP contribution in [0.15, 0.2) is 67.4 Å². The van der Waals surface area contributed by atoms with Gasteiger partial charge in [-0.2, -0.15) is 4.98 Å². The molecule has 6 rings (SSSR count). The van der Waals surface area contributed by atoms with Crippen molar-refractivity contribution in [1.82, 2.24) is 29.5 Å². The van der Waals surface area contributed by atoms with Crippen LogP contribution in [0.2, 0.25) is 0 Å². The van der Waals surface area contributed by atoms with E-state index in [9.17, 15) is 0 Å². The lowest BCUT2D eigenvalue weighted by molar-refractivity contribution is 0.988. The average Bonchev–Trinajstić information content (AvgIpc) is 3.57. The van der Waals surface area contributed by atoms with Gasteiger partial charge in [0.15, 0.2) is 0 Å². The third-order valence-electron chi connectivity index (χ3n) is 5.88. The van der Waals surface area contributed by atoms with E-state index in [1.807, 2.05) is 22.9 Å². The molecule has 1 saturated carbocycles. The molecule has 1 aromatic carbocycles. The second kappa shape index (κ2) is 7.12. The molecule has 31 heavy (non-hydrogen) atoms. The number of rotatable bonds is 5. The number of hydrogen-bond donors (Lipinski definition) is 0.